The summed E-state index contributed by atoms with van der Waals surface area (Å²) in [5, 5.41) is 0.598. The fourth-order valence-electron chi connectivity index (χ4n) is 3.28. The Bertz CT molecular complexity index is 494. The van der Waals surface area contributed by atoms with Crippen molar-refractivity contribution in [2.24, 2.45) is 5.92 Å². The largest absolute Gasteiger partial charge is 0.471 e. The molecule has 1 saturated carbocycles. The molecule has 0 radical (unpaired) electrons. The molecular weight excluding hydrogens is 300 g/mol. The van der Waals surface area contributed by atoms with E-state index in [1.807, 2.05) is 4.90 Å². The Kier molecular flexibility index (Phi) is 5.19. The number of aromatic nitrogens is 1. The van der Waals surface area contributed by atoms with Crippen LogP contribution in [0, 0.1) is 5.92 Å². The van der Waals surface area contributed by atoms with Crippen molar-refractivity contribution in [1.29, 1.82) is 0 Å². The third-order valence-electron chi connectivity index (χ3n) is 4.68. The Hall–Kier alpha value is -1.29. The number of rotatable bonds is 5. The molecule has 0 spiro atoms. The maximum Gasteiger partial charge on any atom is 0.222 e. The van der Waals surface area contributed by atoms with Gasteiger partial charge in [-0.3, -0.25) is 4.79 Å². The molecule has 1 aromatic heterocycles. The van der Waals surface area contributed by atoms with Gasteiger partial charge in [0, 0.05) is 18.7 Å². The Morgan fingerprint density at radius 3 is 2.73 bits per heavy atom. The Balaban J connectivity index is 1.35. The molecule has 1 aromatic rings. The van der Waals surface area contributed by atoms with E-state index in [9.17, 15) is 4.79 Å². The maximum atomic E-state index is 12.1. The van der Waals surface area contributed by atoms with E-state index < -0.39 is 0 Å². The van der Waals surface area contributed by atoms with Crippen molar-refractivity contribution in [3.05, 3.63) is 23.4 Å². The second-order valence-electron chi connectivity index (χ2n) is 6.40. The number of hydrogen-bond donors (Lipinski definition) is 0. The second-order valence-corrected chi connectivity index (χ2v) is 6.83. The van der Waals surface area contributed by atoms with Gasteiger partial charge in [0.2, 0.25) is 11.8 Å². The predicted molar refractivity (Wildman–Crippen MR) is 86.1 cm³/mol. The fraction of sp³-hybridized carbons (Fsp3) is 0.647. The van der Waals surface area contributed by atoms with Crippen LogP contribution < -0.4 is 4.74 Å². The van der Waals surface area contributed by atoms with Crippen molar-refractivity contribution in [2.75, 3.05) is 13.1 Å². The first-order chi connectivity index (χ1) is 10.7. The zero-order valence-electron chi connectivity index (χ0n) is 12.8. The van der Waals surface area contributed by atoms with E-state index >= 15 is 0 Å². The summed E-state index contributed by atoms with van der Waals surface area (Å²) in [5.41, 5.74) is 0. The van der Waals surface area contributed by atoms with E-state index in [1.54, 1.807) is 18.3 Å². The van der Waals surface area contributed by atoms with Gasteiger partial charge in [0.15, 0.2) is 0 Å². The number of carbonyl (C=O) groups is 1. The minimum absolute atomic E-state index is 0.0623. The number of carbonyl (C=O) groups excluding carboxylic acids is 1. The molecule has 0 unspecified atom stereocenters. The lowest BCUT2D eigenvalue weighted by Gasteiger charge is -2.39. The lowest BCUT2D eigenvalue weighted by molar-refractivity contribution is -0.140. The number of nitrogens with zero attached hydrogens (tertiary/aromatic N) is 2. The van der Waals surface area contributed by atoms with Gasteiger partial charge in [-0.05, 0) is 18.4 Å². The summed E-state index contributed by atoms with van der Waals surface area (Å²) in [5.74, 6) is 1.61. The lowest BCUT2D eigenvalue weighted by Crippen LogP contribution is -2.56. The van der Waals surface area contributed by atoms with Crippen LogP contribution in [-0.4, -0.2) is 35.0 Å². The van der Waals surface area contributed by atoms with Crippen molar-refractivity contribution in [3.63, 3.8) is 0 Å². The van der Waals surface area contributed by atoms with E-state index in [-0.39, 0.29) is 12.0 Å². The van der Waals surface area contributed by atoms with Crippen LogP contribution in [0.3, 0.4) is 0 Å². The van der Waals surface area contributed by atoms with Gasteiger partial charge in [0.1, 0.15) is 6.10 Å². The molecule has 1 amide bonds. The number of amides is 1. The summed E-state index contributed by atoms with van der Waals surface area (Å²) in [6.45, 7) is 1.35. The molecule has 2 fully saturated rings. The van der Waals surface area contributed by atoms with E-state index in [4.69, 9.17) is 16.3 Å². The number of ether oxygens (including phenoxy) is 1. The molecule has 4 nitrogen and oxygen atoms in total. The lowest BCUT2D eigenvalue weighted by atomic mass is 9.86. The highest BCUT2D eigenvalue weighted by molar-refractivity contribution is 6.30. The van der Waals surface area contributed by atoms with Crippen LogP contribution in [0.2, 0.25) is 5.02 Å². The zero-order chi connectivity index (χ0) is 15.4. The number of likely N-dealkylation sites (tertiary alicyclic amines) is 1. The Morgan fingerprint density at radius 1 is 1.27 bits per heavy atom. The standard InChI is InChI=1S/C17H23ClN2O2/c18-14-7-8-16(19-10-14)22-15-11-20(12-15)17(21)9-6-13-4-2-1-3-5-13/h7-8,10,13,15H,1-6,9,11-12H2. The average Bonchev–Trinajstić information content (AvgIpc) is 2.51. The van der Waals surface area contributed by atoms with E-state index in [0.717, 1.165) is 12.3 Å². The van der Waals surface area contributed by atoms with Gasteiger partial charge in [-0.2, -0.15) is 0 Å². The predicted octanol–water partition coefficient (Wildman–Crippen LogP) is 3.69. The fourth-order valence-corrected chi connectivity index (χ4v) is 3.39. The summed E-state index contributed by atoms with van der Waals surface area (Å²) in [7, 11) is 0. The average molecular weight is 323 g/mol. The molecule has 0 atom stereocenters. The van der Waals surface area contributed by atoms with Crippen molar-refractivity contribution >= 4 is 17.5 Å². The monoisotopic (exact) mass is 322 g/mol. The van der Waals surface area contributed by atoms with Crippen LogP contribution in [0.1, 0.15) is 44.9 Å². The van der Waals surface area contributed by atoms with Gasteiger partial charge >= 0.3 is 0 Å². The van der Waals surface area contributed by atoms with Crippen LogP contribution in [0.15, 0.2) is 18.3 Å². The number of halogens is 1. The van der Waals surface area contributed by atoms with Gasteiger partial charge in [-0.1, -0.05) is 43.7 Å². The molecule has 120 valence electrons. The third kappa shape index (κ3) is 4.13. The van der Waals surface area contributed by atoms with Crippen LogP contribution in [0.25, 0.3) is 0 Å². The molecular formula is C17H23ClN2O2. The molecule has 2 aliphatic rings. The zero-order valence-corrected chi connectivity index (χ0v) is 13.6. The SMILES string of the molecule is O=C(CCC1CCCCC1)N1CC(Oc2ccc(Cl)cn2)C1. The van der Waals surface area contributed by atoms with Crippen LogP contribution in [0.5, 0.6) is 5.88 Å². The molecule has 0 N–H and O–H groups in total. The summed E-state index contributed by atoms with van der Waals surface area (Å²) in [4.78, 5) is 18.2. The van der Waals surface area contributed by atoms with Gasteiger partial charge in [-0.25, -0.2) is 4.98 Å². The summed E-state index contributed by atoms with van der Waals surface area (Å²) < 4.78 is 5.72. The molecule has 5 heteroatoms. The summed E-state index contributed by atoms with van der Waals surface area (Å²) in [6.07, 6.45) is 10.0. The molecule has 1 aliphatic heterocycles. The van der Waals surface area contributed by atoms with Crippen LogP contribution >= 0.6 is 11.6 Å². The minimum Gasteiger partial charge on any atom is -0.471 e. The smallest absolute Gasteiger partial charge is 0.222 e. The first-order valence-corrected chi connectivity index (χ1v) is 8.64. The summed E-state index contributed by atoms with van der Waals surface area (Å²) in [6, 6.07) is 3.52. The normalized spacial score (nSPS) is 19.8. The van der Waals surface area contributed by atoms with Gasteiger partial charge < -0.3 is 9.64 Å². The van der Waals surface area contributed by atoms with Crippen molar-refractivity contribution in [3.8, 4) is 5.88 Å². The first kappa shape index (κ1) is 15.6. The highest BCUT2D eigenvalue weighted by Crippen LogP contribution is 2.28. The quantitative estimate of drug-likeness (QED) is 0.830. The number of pyridine rings is 1. The molecule has 1 aliphatic carbocycles. The van der Waals surface area contributed by atoms with E-state index in [2.05, 4.69) is 4.98 Å². The molecule has 2 heterocycles. The Morgan fingerprint density at radius 2 is 2.05 bits per heavy atom. The van der Waals surface area contributed by atoms with E-state index in [0.29, 0.717) is 30.4 Å². The molecule has 0 bridgehead atoms. The highest BCUT2D eigenvalue weighted by atomic mass is 35.5. The molecule has 1 saturated heterocycles. The van der Waals surface area contributed by atoms with Gasteiger partial charge in [0.05, 0.1) is 18.1 Å². The molecule has 3 rings (SSSR count). The summed E-state index contributed by atoms with van der Waals surface area (Å²) >= 11 is 5.79. The van der Waals surface area contributed by atoms with E-state index in [1.165, 1.54) is 32.1 Å². The van der Waals surface area contributed by atoms with Crippen molar-refractivity contribution in [1.82, 2.24) is 9.88 Å². The number of hydrogen-bond acceptors (Lipinski definition) is 3. The molecule has 0 aromatic carbocycles. The first-order valence-electron chi connectivity index (χ1n) is 8.26. The minimum atomic E-state index is 0.0623. The maximum absolute atomic E-state index is 12.1. The van der Waals surface area contributed by atoms with Crippen LogP contribution in [0.4, 0.5) is 0 Å². The molecule has 22 heavy (non-hydrogen) atoms. The highest BCUT2D eigenvalue weighted by Gasteiger charge is 2.32. The van der Waals surface area contributed by atoms with Crippen LogP contribution in [-0.2, 0) is 4.79 Å². The topological polar surface area (TPSA) is 42.4 Å². The van der Waals surface area contributed by atoms with Crippen molar-refractivity contribution in [2.45, 2.75) is 51.0 Å². The third-order valence-corrected chi connectivity index (χ3v) is 4.90. The second kappa shape index (κ2) is 7.32. The van der Waals surface area contributed by atoms with Gasteiger partial charge in [0.25, 0.3) is 0 Å². The Labute approximate surface area is 136 Å². The van der Waals surface area contributed by atoms with Crippen molar-refractivity contribution < 1.29 is 9.53 Å². The van der Waals surface area contributed by atoms with Gasteiger partial charge in [-0.15, -0.1) is 0 Å².